The highest BCUT2D eigenvalue weighted by molar-refractivity contribution is 5.97. The summed E-state index contributed by atoms with van der Waals surface area (Å²) in [6.45, 7) is 1.75. The molecular weight excluding hydrogens is 356 g/mol. The van der Waals surface area contributed by atoms with Crippen LogP contribution in [-0.4, -0.2) is 37.6 Å². The molecule has 28 heavy (non-hydrogen) atoms. The van der Waals surface area contributed by atoms with E-state index in [0.29, 0.717) is 31.9 Å². The molecular formula is C22H24N2O4. The monoisotopic (exact) mass is 380 g/mol. The fourth-order valence-corrected chi connectivity index (χ4v) is 3.65. The molecule has 0 aliphatic carbocycles. The number of hydrogen-bond acceptors (Lipinski definition) is 4. The summed E-state index contributed by atoms with van der Waals surface area (Å²) in [4.78, 5) is 26.6. The molecule has 6 nitrogen and oxygen atoms in total. The molecule has 0 bridgehead atoms. The highest BCUT2D eigenvalue weighted by Crippen LogP contribution is 2.27. The molecule has 1 N–H and O–H groups in total. The fraction of sp³-hybridized carbons (Fsp3) is 0.364. The Kier molecular flexibility index (Phi) is 5.58. The molecule has 2 aromatic carbocycles. The third-order valence-electron chi connectivity index (χ3n) is 5.19. The average molecular weight is 380 g/mol. The summed E-state index contributed by atoms with van der Waals surface area (Å²) in [5.74, 6) is 1.53. The predicted octanol–water partition coefficient (Wildman–Crippen LogP) is 3.13. The Balaban J connectivity index is 1.35. The quantitative estimate of drug-likeness (QED) is 0.865. The van der Waals surface area contributed by atoms with E-state index in [-0.39, 0.29) is 23.8 Å². The zero-order chi connectivity index (χ0) is 19.3. The van der Waals surface area contributed by atoms with Crippen molar-refractivity contribution in [3.05, 3.63) is 54.6 Å². The van der Waals surface area contributed by atoms with Crippen LogP contribution in [0, 0.1) is 5.92 Å². The fourth-order valence-electron chi connectivity index (χ4n) is 3.65. The molecule has 1 unspecified atom stereocenters. The van der Waals surface area contributed by atoms with Crippen LogP contribution in [0.3, 0.4) is 0 Å². The minimum Gasteiger partial charge on any atom is -0.457 e. The number of anilines is 1. The van der Waals surface area contributed by atoms with E-state index in [9.17, 15) is 9.59 Å². The number of rotatable bonds is 5. The lowest BCUT2D eigenvalue weighted by Crippen LogP contribution is -2.42. The summed E-state index contributed by atoms with van der Waals surface area (Å²) >= 11 is 0. The summed E-state index contributed by atoms with van der Waals surface area (Å²) in [5.41, 5.74) is 0.813. The van der Waals surface area contributed by atoms with Gasteiger partial charge < -0.3 is 19.7 Å². The van der Waals surface area contributed by atoms with Gasteiger partial charge in [-0.15, -0.1) is 0 Å². The van der Waals surface area contributed by atoms with Crippen LogP contribution in [-0.2, 0) is 14.3 Å². The molecule has 2 fully saturated rings. The maximum absolute atomic E-state index is 12.4. The van der Waals surface area contributed by atoms with Crippen molar-refractivity contribution in [1.82, 2.24) is 5.32 Å². The smallest absolute Gasteiger partial charge is 0.229 e. The lowest BCUT2D eigenvalue weighted by atomic mass is 9.99. The van der Waals surface area contributed by atoms with Gasteiger partial charge in [-0.2, -0.15) is 0 Å². The van der Waals surface area contributed by atoms with Crippen molar-refractivity contribution in [2.24, 2.45) is 5.92 Å². The molecule has 4 rings (SSSR count). The van der Waals surface area contributed by atoms with Crippen molar-refractivity contribution in [3.8, 4) is 11.5 Å². The van der Waals surface area contributed by atoms with Gasteiger partial charge in [-0.1, -0.05) is 18.2 Å². The molecule has 2 aliphatic heterocycles. The number of nitrogens with zero attached hydrogens (tertiary/aromatic N) is 1. The van der Waals surface area contributed by atoms with Gasteiger partial charge in [-0.25, -0.2) is 0 Å². The average Bonchev–Trinajstić information content (AvgIpc) is 3.10. The third-order valence-corrected chi connectivity index (χ3v) is 5.19. The molecule has 2 aromatic rings. The number of hydrogen-bond donors (Lipinski definition) is 1. The first-order chi connectivity index (χ1) is 13.7. The highest BCUT2D eigenvalue weighted by atomic mass is 16.5. The molecule has 6 heteroatoms. The van der Waals surface area contributed by atoms with E-state index in [2.05, 4.69) is 5.32 Å². The topological polar surface area (TPSA) is 67.9 Å². The van der Waals surface area contributed by atoms with Crippen molar-refractivity contribution in [2.75, 3.05) is 24.7 Å². The molecule has 2 amide bonds. The largest absolute Gasteiger partial charge is 0.457 e. The van der Waals surface area contributed by atoms with Crippen LogP contribution in [0.1, 0.15) is 19.3 Å². The maximum atomic E-state index is 12.4. The van der Waals surface area contributed by atoms with E-state index in [1.54, 1.807) is 4.90 Å². The third kappa shape index (κ3) is 4.34. The summed E-state index contributed by atoms with van der Waals surface area (Å²) in [5, 5.41) is 3.04. The molecule has 0 spiro atoms. The van der Waals surface area contributed by atoms with Gasteiger partial charge in [0, 0.05) is 37.8 Å². The van der Waals surface area contributed by atoms with Gasteiger partial charge in [0.25, 0.3) is 0 Å². The summed E-state index contributed by atoms with van der Waals surface area (Å²) in [6.07, 6.45) is 1.83. The van der Waals surface area contributed by atoms with Crippen LogP contribution in [0.5, 0.6) is 11.5 Å². The molecule has 2 aliphatic rings. The van der Waals surface area contributed by atoms with Crippen LogP contribution in [0.4, 0.5) is 5.69 Å². The Hall–Kier alpha value is -2.86. The minimum atomic E-state index is -0.150. The lowest BCUT2D eigenvalue weighted by molar-refractivity contribution is -0.128. The van der Waals surface area contributed by atoms with E-state index in [1.165, 1.54) is 0 Å². The molecule has 1 atom stereocenters. The Bertz CT molecular complexity index is 816. The van der Waals surface area contributed by atoms with Gasteiger partial charge in [0.15, 0.2) is 0 Å². The van der Waals surface area contributed by atoms with Gasteiger partial charge in [-0.05, 0) is 49.2 Å². The van der Waals surface area contributed by atoms with Crippen molar-refractivity contribution < 1.29 is 19.1 Å². The van der Waals surface area contributed by atoms with E-state index >= 15 is 0 Å². The second-order valence-corrected chi connectivity index (χ2v) is 7.21. The predicted molar refractivity (Wildman–Crippen MR) is 105 cm³/mol. The number of ether oxygens (including phenoxy) is 2. The van der Waals surface area contributed by atoms with Crippen LogP contribution < -0.4 is 15.0 Å². The summed E-state index contributed by atoms with van der Waals surface area (Å²) in [7, 11) is 0. The number of carbonyl (C=O) groups excluding carboxylic acids is 2. The van der Waals surface area contributed by atoms with Crippen LogP contribution >= 0.6 is 0 Å². The zero-order valence-electron chi connectivity index (χ0n) is 15.7. The van der Waals surface area contributed by atoms with Crippen molar-refractivity contribution in [2.45, 2.75) is 25.3 Å². The maximum Gasteiger partial charge on any atom is 0.229 e. The van der Waals surface area contributed by atoms with Crippen molar-refractivity contribution in [1.29, 1.82) is 0 Å². The zero-order valence-corrected chi connectivity index (χ0v) is 15.7. The SMILES string of the molecule is O=C(NC1CC(=O)N(c2ccc(Oc3ccccc3)cc2)C1)C1CCOCC1. The summed E-state index contributed by atoms with van der Waals surface area (Å²) < 4.78 is 11.1. The normalized spacial score (nSPS) is 20.2. The van der Waals surface area contributed by atoms with Gasteiger partial charge in [0.2, 0.25) is 11.8 Å². The van der Waals surface area contributed by atoms with E-state index in [1.807, 2.05) is 54.6 Å². The van der Waals surface area contributed by atoms with E-state index < -0.39 is 0 Å². The second-order valence-electron chi connectivity index (χ2n) is 7.21. The molecule has 2 saturated heterocycles. The molecule has 146 valence electrons. The number of para-hydroxylation sites is 1. The Morgan fingerprint density at radius 1 is 1.00 bits per heavy atom. The van der Waals surface area contributed by atoms with Crippen molar-refractivity contribution in [3.63, 3.8) is 0 Å². The molecule has 0 aromatic heterocycles. The Labute approximate surface area is 164 Å². The molecule has 2 heterocycles. The van der Waals surface area contributed by atoms with Crippen LogP contribution in [0.25, 0.3) is 0 Å². The first-order valence-electron chi connectivity index (χ1n) is 9.70. The number of carbonyl (C=O) groups is 2. The van der Waals surface area contributed by atoms with Crippen molar-refractivity contribution >= 4 is 17.5 Å². The number of nitrogens with one attached hydrogen (secondary N) is 1. The standard InChI is InChI=1S/C22H24N2O4/c25-21-14-17(23-22(26)16-10-12-27-13-11-16)15-24(21)18-6-8-20(9-7-18)28-19-4-2-1-3-5-19/h1-9,16-17H,10-15H2,(H,23,26). The number of benzene rings is 2. The van der Waals surface area contributed by atoms with E-state index in [4.69, 9.17) is 9.47 Å². The minimum absolute atomic E-state index is 0.00711. The summed E-state index contributed by atoms with van der Waals surface area (Å²) in [6, 6.07) is 16.9. The van der Waals surface area contributed by atoms with Gasteiger partial charge in [-0.3, -0.25) is 9.59 Å². The van der Waals surface area contributed by atoms with Gasteiger partial charge in [0.05, 0.1) is 6.04 Å². The van der Waals surface area contributed by atoms with E-state index in [0.717, 1.165) is 24.3 Å². The first kappa shape index (κ1) is 18.5. The Morgan fingerprint density at radius 3 is 2.39 bits per heavy atom. The Morgan fingerprint density at radius 2 is 1.68 bits per heavy atom. The highest BCUT2D eigenvalue weighted by Gasteiger charge is 2.33. The first-order valence-corrected chi connectivity index (χ1v) is 9.70. The lowest BCUT2D eigenvalue weighted by Gasteiger charge is -2.23. The van der Waals surface area contributed by atoms with Crippen LogP contribution in [0.2, 0.25) is 0 Å². The molecule has 0 saturated carbocycles. The second kappa shape index (κ2) is 8.44. The van der Waals surface area contributed by atoms with Gasteiger partial charge in [0.1, 0.15) is 11.5 Å². The van der Waals surface area contributed by atoms with Crippen LogP contribution in [0.15, 0.2) is 54.6 Å². The number of amides is 2. The van der Waals surface area contributed by atoms with Gasteiger partial charge >= 0.3 is 0 Å². The molecule has 0 radical (unpaired) electrons.